The highest BCUT2D eigenvalue weighted by Gasteiger charge is 2.39. The van der Waals surface area contributed by atoms with Gasteiger partial charge in [0.25, 0.3) is 0 Å². The highest BCUT2D eigenvalue weighted by Crippen LogP contribution is 2.56. The molecule has 0 spiro atoms. The maximum absolute atomic E-state index is 2.55. The van der Waals surface area contributed by atoms with E-state index in [1.165, 1.54) is 150 Å². The number of hydrogen-bond donors (Lipinski definition) is 0. The second-order valence-electron chi connectivity index (χ2n) is 18.3. The highest BCUT2D eigenvalue weighted by atomic mass is 15.1. The van der Waals surface area contributed by atoms with Gasteiger partial charge in [0, 0.05) is 39.2 Å². The van der Waals surface area contributed by atoms with E-state index in [1.54, 1.807) is 0 Å². The van der Waals surface area contributed by atoms with E-state index in [-0.39, 0.29) is 5.41 Å². The van der Waals surface area contributed by atoms with Crippen molar-refractivity contribution >= 4 is 57.0 Å². The van der Waals surface area contributed by atoms with Crippen molar-refractivity contribution in [3.8, 4) is 11.1 Å². The van der Waals surface area contributed by atoms with Crippen LogP contribution in [0.15, 0.2) is 133 Å². The third-order valence-corrected chi connectivity index (χ3v) is 14.1. The summed E-state index contributed by atoms with van der Waals surface area (Å²) >= 11 is 0. The zero-order valence-electron chi connectivity index (χ0n) is 40.9. The molecule has 0 fully saturated rings. The zero-order chi connectivity index (χ0) is 45.8. The Kier molecular flexibility index (Phi) is 13.7. The van der Waals surface area contributed by atoms with Gasteiger partial charge in [0.05, 0.1) is 5.69 Å². The molecule has 0 saturated carbocycles. The lowest BCUT2D eigenvalue weighted by Gasteiger charge is -2.31. The van der Waals surface area contributed by atoms with Gasteiger partial charge in [-0.25, -0.2) is 0 Å². The van der Waals surface area contributed by atoms with Crippen LogP contribution in [0.25, 0.3) is 34.1 Å². The van der Waals surface area contributed by atoms with Crippen molar-refractivity contribution in [3.05, 3.63) is 189 Å². The van der Waals surface area contributed by atoms with E-state index in [4.69, 9.17) is 0 Å². The molecule has 3 aliphatic rings. The van der Waals surface area contributed by atoms with Crippen molar-refractivity contribution in [2.75, 3.05) is 9.80 Å². The number of aryl methyl sites for hydroxylation is 6. The smallest absolute Gasteiger partial charge is 0.0543 e. The van der Waals surface area contributed by atoms with E-state index in [1.807, 2.05) is 27.7 Å². The molecular weight excluding hydrogens is 785 g/mol. The highest BCUT2D eigenvalue weighted by molar-refractivity contribution is 6.10. The van der Waals surface area contributed by atoms with Crippen molar-refractivity contribution in [2.24, 2.45) is 0 Å². The zero-order valence-corrected chi connectivity index (χ0v) is 40.9. The minimum Gasteiger partial charge on any atom is -0.310 e. The van der Waals surface area contributed by atoms with Crippen molar-refractivity contribution in [1.29, 1.82) is 0 Å². The lowest BCUT2D eigenvalue weighted by Crippen LogP contribution is -2.18. The molecule has 2 nitrogen and oxygen atoms in total. The molecule has 10 rings (SSSR count). The Labute approximate surface area is 391 Å². The van der Waals surface area contributed by atoms with Gasteiger partial charge in [-0.1, -0.05) is 120 Å². The molecule has 0 saturated heterocycles. The van der Waals surface area contributed by atoms with E-state index >= 15 is 0 Å². The van der Waals surface area contributed by atoms with E-state index in [0.29, 0.717) is 0 Å². The molecule has 65 heavy (non-hydrogen) atoms. The van der Waals surface area contributed by atoms with E-state index in [9.17, 15) is 0 Å². The molecule has 0 aromatic heterocycles. The molecule has 0 bridgehead atoms. The predicted molar refractivity (Wildman–Crippen MR) is 286 cm³/mol. The molecule has 0 radical (unpaired) electrons. The molecule has 0 unspecified atom stereocenters. The maximum atomic E-state index is 2.55. The fraction of sp³-hybridized carbons (Fsp3) is 0.302. The molecular formula is C63H70N2. The molecule has 0 atom stereocenters. The Morgan fingerprint density at radius 1 is 0.446 bits per heavy atom. The Hall–Kier alpha value is -6.12. The topological polar surface area (TPSA) is 6.48 Å². The van der Waals surface area contributed by atoms with Crippen molar-refractivity contribution < 1.29 is 0 Å². The minimum atomic E-state index is -0.255. The fourth-order valence-corrected chi connectivity index (χ4v) is 10.7. The summed E-state index contributed by atoms with van der Waals surface area (Å²) in [7, 11) is 0. The Balaban J connectivity index is 0.00000140. The molecule has 7 aromatic carbocycles. The quantitative estimate of drug-likeness (QED) is 0.150. The van der Waals surface area contributed by atoms with Crippen LogP contribution in [0.3, 0.4) is 0 Å². The number of rotatable bonds is 8. The van der Waals surface area contributed by atoms with Gasteiger partial charge in [0.1, 0.15) is 0 Å². The Bertz CT molecular complexity index is 2900. The summed E-state index contributed by atoms with van der Waals surface area (Å²) in [6.45, 7) is 21.5. The van der Waals surface area contributed by atoms with Crippen LogP contribution in [0, 0.1) is 13.8 Å². The maximum Gasteiger partial charge on any atom is 0.0543 e. The van der Waals surface area contributed by atoms with Crippen molar-refractivity contribution in [2.45, 2.75) is 126 Å². The largest absolute Gasteiger partial charge is 0.310 e. The first kappa shape index (κ1) is 45.4. The van der Waals surface area contributed by atoms with Gasteiger partial charge >= 0.3 is 0 Å². The first-order chi connectivity index (χ1) is 31.7. The molecule has 7 aromatic rings. The number of fused-ring (bicyclic) bond motifs is 7. The number of allylic oxidation sites excluding steroid dienone is 2. The van der Waals surface area contributed by atoms with Crippen LogP contribution in [-0.2, 0) is 31.1 Å². The molecule has 2 heteroatoms. The summed E-state index contributed by atoms with van der Waals surface area (Å²) in [6, 6.07) is 47.4. The van der Waals surface area contributed by atoms with Gasteiger partial charge in [0.15, 0.2) is 0 Å². The first-order valence-electron chi connectivity index (χ1n) is 24.7. The summed E-state index contributed by atoms with van der Waals surface area (Å²) < 4.78 is 0. The molecule has 0 heterocycles. The Morgan fingerprint density at radius 3 is 1.45 bits per heavy atom. The third kappa shape index (κ3) is 8.49. The number of anilines is 6. The number of nitrogens with zero attached hydrogens (tertiary/aromatic N) is 2. The summed E-state index contributed by atoms with van der Waals surface area (Å²) in [5, 5.41) is 2.58. The number of hydrogen-bond acceptors (Lipinski definition) is 2. The van der Waals surface area contributed by atoms with Gasteiger partial charge in [0.2, 0.25) is 0 Å². The number of benzene rings is 7. The Morgan fingerprint density at radius 2 is 0.892 bits per heavy atom. The van der Waals surface area contributed by atoms with Gasteiger partial charge < -0.3 is 9.80 Å². The van der Waals surface area contributed by atoms with Crippen LogP contribution in [-0.4, -0.2) is 0 Å². The first-order valence-corrected chi connectivity index (χ1v) is 24.7. The van der Waals surface area contributed by atoms with Gasteiger partial charge in [-0.2, -0.15) is 0 Å². The van der Waals surface area contributed by atoms with Crippen LogP contribution in [0.5, 0.6) is 0 Å². The van der Waals surface area contributed by atoms with Crippen LogP contribution >= 0.6 is 0 Å². The van der Waals surface area contributed by atoms with Crippen molar-refractivity contribution in [1.82, 2.24) is 0 Å². The third-order valence-electron chi connectivity index (χ3n) is 14.1. The summed E-state index contributed by atoms with van der Waals surface area (Å²) in [6.07, 6.45) is 18.5. The molecule has 3 aliphatic carbocycles. The van der Waals surface area contributed by atoms with Gasteiger partial charge in [-0.15, -0.1) is 0 Å². The normalized spacial score (nSPS) is 14.4. The molecule has 0 amide bonds. The molecule has 332 valence electrons. The predicted octanol–water partition coefficient (Wildman–Crippen LogP) is 18.6. The van der Waals surface area contributed by atoms with Crippen molar-refractivity contribution in [3.63, 3.8) is 0 Å². The van der Waals surface area contributed by atoms with E-state index in [2.05, 4.69) is 197 Å². The fourth-order valence-electron chi connectivity index (χ4n) is 10.7. The average Bonchev–Trinajstić information content (AvgIpc) is 3.57. The second kappa shape index (κ2) is 19.5. The summed E-state index contributed by atoms with van der Waals surface area (Å²) in [4.78, 5) is 5.05. The monoisotopic (exact) mass is 855 g/mol. The molecule has 0 aliphatic heterocycles. The second-order valence-corrected chi connectivity index (χ2v) is 18.3. The van der Waals surface area contributed by atoms with Crippen LogP contribution < -0.4 is 9.80 Å². The van der Waals surface area contributed by atoms with Gasteiger partial charge in [-0.05, 0) is 218 Å². The minimum absolute atomic E-state index is 0.255. The summed E-state index contributed by atoms with van der Waals surface area (Å²) in [5.74, 6) is 0. The van der Waals surface area contributed by atoms with E-state index < -0.39 is 0 Å². The standard InChI is InChI=1S/C59H58N2.2C2H6/c1-7-15-43-33-47(27-23-39(43)3)60(48-29-25-41-17-9-11-19-45(41)35-48)51-31-32-54-55(37-51)59(5,6)56-38-57(52-21-13-14-22-53(52)58(54)56)61(49-28-24-40(4)44(34-49)16-8-2)50-30-26-42-18-10-12-20-46(42)36-50;2*1-2/h7-8,13-16,21-38H,9-12,17-20H2,1-6H3;2*1-2H3/b15-7-,16-8-;;. The van der Waals surface area contributed by atoms with Crippen LogP contribution in [0.4, 0.5) is 34.1 Å². The lowest BCUT2D eigenvalue weighted by atomic mass is 9.81. The van der Waals surface area contributed by atoms with Crippen LogP contribution in [0.1, 0.15) is 137 Å². The van der Waals surface area contributed by atoms with Gasteiger partial charge in [-0.3, -0.25) is 0 Å². The lowest BCUT2D eigenvalue weighted by molar-refractivity contribution is 0.661. The van der Waals surface area contributed by atoms with E-state index in [0.717, 1.165) is 12.8 Å². The molecule has 0 N–H and O–H groups in total. The average molecular weight is 855 g/mol. The summed E-state index contributed by atoms with van der Waals surface area (Å²) in [5.41, 5.74) is 23.5. The van der Waals surface area contributed by atoms with Crippen LogP contribution in [0.2, 0.25) is 0 Å². The SMILES string of the molecule is C/C=C\c1cc(N(c2ccc3c(c2)CCCC3)c2ccc3c(c2)C(C)(C)c2cc(N(c4ccc(C)c(/C=C\C)c4)c4ccc5c(c4)CCCC5)c4ccccc4c2-3)ccc1C.CC.CC.